The molecule has 1 atom stereocenters. The molecule has 0 spiro atoms. The van der Waals surface area contributed by atoms with Gasteiger partial charge in [0.2, 0.25) is 5.91 Å². The maximum Gasteiger partial charge on any atom is 0.416 e. The number of anilines is 1. The minimum atomic E-state index is -4.48. The lowest BCUT2D eigenvalue weighted by Crippen LogP contribution is -2.50. The summed E-state index contributed by atoms with van der Waals surface area (Å²) < 4.78 is 43.1. The van der Waals surface area contributed by atoms with Crippen molar-refractivity contribution in [2.24, 2.45) is 5.92 Å². The lowest BCUT2D eigenvalue weighted by atomic mass is 10.0. The van der Waals surface area contributed by atoms with Gasteiger partial charge in [-0.2, -0.15) is 13.2 Å². The van der Waals surface area contributed by atoms with Gasteiger partial charge in [-0.05, 0) is 57.4 Å². The van der Waals surface area contributed by atoms with Gasteiger partial charge in [0.15, 0.2) is 0 Å². The molecule has 0 saturated carbocycles. The van der Waals surface area contributed by atoms with Crippen molar-refractivity contribution in [1.82, 2.24) is 10.2 Å². The van der Waals surface area contributed by atoms with E-state index in [1.54, 1.807) is 20.8 Å². The van der Waals surface area contributed by atoms with Crippen LogP contribution in [0.5, 0.6) is 0 Å². The monoisotopic (exact) mass is 445 g/mol. The molecule has 0 aliphatic rings. The van der Waals surface area contributed by atoms with E-state index in [1.165, 1.54) is 11.9 Å². The topological polar surface area (TPSA) is 87.7 Å². The standard InChI is InChI=1S/C21H30F3N3O4/c1-13(2)11-16(18(29)27(6)12-17(28)31-20(3,4)5)26-19(30)25-15-9-7-14(8-10-15)21(22,23)24/h7-10,13,16H,11-12H2,1-6H3,(H2,25,26,30)/t16-/m0/s1. The van der Waals surface area contributed by atoms with Crippen LogP contribution in [0.4, 0.5) is 23.7 Å². The van der Waals surface area contributed by atoms with E-state index in [0.717, 1.165) is 24.3 Å². The molecule has 0 saturated heterocycles. The summed E-state index contributed by atoms with van der Waals surface area (Å²) in [5, 5.41) is 4.94. The molecule has 0 aliphatic carbocycles. The molecule has 1 aromatic carbocycles. The van der Waals surface area contributed by atoms with Gasteiger partial charge in [0.25, 0.3) is 0 Å². The van der Waals surface area contributed by atoms with Gasteiger partial charge in [-0.25, -0.2) is 4.79 Å². The number of amides is 3. The fraction of sp³-hybridized carbons (Fsp3) is 0.571. The lowest BCUT2D eigenvalue weighted by Gasteiger charge is -2.27. The molecule has 0 heterocycles. The molecule has 0 aliphatic heterocycles. The Labute approximate surface area is 180 Å². The third-order valence-corrected chi connectivity index (χ3v) is 3.94. The van der Waals surface area contributed by atoms with Crippen molar-refractivity contribution < 1.29 is 32.3 Å². The summed E-state index contributed by atoms with van der Waals surface area (Å²) in [7, 11) is 1.43. The zero-order valence-corrected chi connectivity index (χ0v) is 18.6. The molecule has 0 aromatic heterocycles. The minimum absolute atomic E-state index is 0.0512. The fourth-order valence-corrected chi connectivity index (χ4v) is 2.67. The van der Waals surface area contributed by atoms with Gasteiger partial charge in [-0.1, -0.05) is 13.8 Å². The van der Waals surface area contributed by atoms with Crippen LogP contribution in [0.1, 0.15) is 46.6 Å². The molecule has 2 N–H and O–H groups in total. The Kier molecular flexibility index (Phi) is 8.89. The minimum Gasteiger partial charge on any atom is -0.459 e. The van der Waals surface area contributed by atoms with Gasteiger partial charge in [-0.15, -0.1) is 0 Å². The highest BCUT2D eigenvalue weighted by atomic mass is 19.4. The van der Waals surface area contributed by atoms with Gasteiger partial charge in [-0.3, -0.25) is 9.59 Å². The summed E-state index contributed by atoms with van der Waals surface area (Å²) in [5.41, 5.74) is -1.39. The number of likely N-dealkylation sites (N-methyl/N-ethyl adjacent to an activating group) is 1. The predicted molar refractivity (Wildman–Crippen MR) is 110 cm³/mol. The van der Waals surface area contributed by atoms with E-state index in [2.05, 4.69) is 10.6 Å². The van der Waals surface area contributed by atoms with Crippen molar-refractivity contribution in [2.75, 3.05) is 18.9 Å². The third kappa shape index (κ3) is 9.71. The first-order valence-corrected chi connectivity index (χ1v) is 9.80. The Hall–Kier alpha value is -2.78. The van der Waals surface area contributed by atoms with Crippen LogP contribution in [0.25, 0.3) is 0 Å². The van der Waals surface area contributed by atoms with Crippen LogP contribution in [-0.4, -0.2) is 48.0 Å². The smallest absolute Gasteiger partial charge is 0.416 e. The first-order chi connectivity index (χ1) is 14.1. The van der Waals surface area contributed by atoms with E-state index in [0.29, 0.717) is 6.42 Å². The Balaban J connectivity index is 2.79. The number of carbonyl (C=O) groups is 3. The highest BCUT2D eigenvalue weighted by Gasteiger charge is 2.30. The number of nitrogens with zero attached hydrogens (tertiary/aromatic N) is 1. The molecular weight excluding hydrogens is 415 g/mol. The number of esters is 1. The van der Waals surface area contributed by atoms with Crippen LogP contribution in [-0.2, 0) is 20.5 Å². The highest BCUT2D eigenvalue weighted by molar-refractivity contribution is 5.94. The largest absolute Gasteiger partial charge is 0.459 e. The molecule has 0 radical (unpaired) electrons. The molecule has 0 unspecified atom stereocenters. The van der Waals surface area contributed by atoms with Crippen LogP contribution in [0.2, 0.25) is 0 Å². The van der Waals surface area contributed by atoms with E-state index in [4.69, 9.17) is 4.74 Å². The normalized spacial score (nSPS) is 12.8. The number of alkyl halides is 3. The molecule has 0 fully saturated rings. The lowest BCUT2D eigenvalue weighted by molar-refractivity contribution is -0.158. The number of nitrogens with one attached hydrogen (secondary N) is 2. The molecule has 1 aromatic rings. The SMILES string of the molecule is CC(C)C[C@H](NC(=O)Nc1ccc(C(F)(F)F)cc1)C(=O)N(C)CC(=O)OC(C)(C)C. The van der Waals surface area contributed by atoms with Crippen molar-refractivity contribution in [2.45, 2.75) is 58.9 Å². The molecular formula is C21H30F3N3O4. The quantitative estimate of drug-likeness (QED) is 0.620. The Morgan fingerprint density at radius 2 is 1.61 bits per heavy atom. The molecule has 7 nitrogen and oxygen atoms in total. The molecule has 3 amide bonds. The van der Waals surface area contributed by atoms with Gasteiger partial charge in [0.05, 0.1) is 5.56 Å². The number of hydrogen-bond acceptors (Lipinski definition) is 4. The Bertz CT molecular complexity index is 772. The van der Waals surface area contributed by atoms with Crippen LogP contribution in [0, 0.1) is 5.92 Å². The fourth-order valence-electron chi connectivity index (χ4n) is 2.67. The first kappa shape index (κ1) is 26.3. The van der Waals surface area contributed by atoms with Crippen molar-refractivity contribution >= 4 is 23.6 Å². The molecule has 10 heteroatoms. The average Bonchev–Trinajstić information content (AvgIpc) is 2.57. The number of rotatable bonds is 7. The molecule has 174 valence electrons. The van der Waals surface area contributed by atoms with Crippen LogP contribution >= 0.6 is 0 Å². The second-order valence-electron chi connectivity index (χ2n) is 8.64. The average molecular weight is 445 g/mol. The van der Waals surface area contributed by atoms with Crippen LogP contribution in [0.3, 0.4) is 0 Å². The van der Waals surface area contributed by atoms with Crippen molar-refractivity contribution in [3.8, 4) is 0 Å². The maximum atomic E-state index is 12.8. The number of halogens is 3. The second-order valence-corrected chi connectivity index (χ2v) is 8.64. The number of urea groups is 1. The Morgan fingerprint density at radius 1 is 1.06 bits per heavy atom. The van der Waals surface area contributed by atoms with Crippen LogP contribution < -0.4 is 10.6 Å². The second kappa shape index (κ2) is 10.5. The van der Waals surface area contributed by atoms with E-state index in [9.17, 15) is 27.6 Å². The third-order valence-electron chi connectivity index (χ3n) is 3.94. The van der Waals surface area contributed by atoms with E-state index >= 15 is 0 Å². The summed E-state index contributed by atoms with van der Waals surface area (Å²) in [6, 6.07) is 2.26. The number of hydrogen-bond donors (Lipinski definition) is 2. The number of carbonyl (C=O) groups excluding carboxylic acids is 3. The van der Waals surface area contributed by atoms with E-state index in [-0.39, 0.29) is 18.2 Å². The highest BCUT2D eigenvalue weighted by Crippen LogP contribution is 2.29. The molecule has 0 bridgehead atoms. The van der Waals surface area contributed by atoms with Crippen LogP contribution in [0.15, 0.2) is 24.3 Å². The summed E-state index contributed by atoms with van der Waals surface area (Å²) in [4.78, 5) is 38.2. The zero-order chi connectivity index (χ0) is 24.0. The van der Waals surface area contributed by atoms with E-state index in [1.807, 2.05) is 13.8 Å². The van der Waals surface area contributed by atoms with Gasteiger partial charge in [0.1, 0.15) is 18.2 Å². The molecule has 31 heavy (non-hydrogen) atoms. The predicted octanol–water partition coefficient (Wildman–Crippen LogP) is 4.04. The first-order valence-electron chi connectivity index (χ1n) is 9.80. The summed E-state index contributed by atoms with van der Waals surface area (Å²) >= 11 is 0. The van der Waals surface area contributed by atoms with Gasteiger partial charge < -0.3 is 20.3 Å². The zero-order valence-electron chi connectivity index (χ0n) is 18.6. The Morgan fingerprint density at radius 3 is 2.06 bits per heavy atom. The number of benzene rings is 1. The van der Waals surface area contributed by atoms with Crippen molar-refractivity contribution in [3.63, 3.8) is 0 Å². The van der Waals surface area contributed by atoms with Gasteiger partial charge in [0, 0.05) is 12.7 Å². The number of ether oxygens (including phenoxy) is 1. The van der Waals surface area contributed by atoms with Crippen molar-refractivity contribution in [1.29, 1.82) is 0 Å². The van der Waals surface area contributed by atoms with Gasteiger partial charge >= 0.3 is 18.2 Å². The van der Waals surface area contributed by atoms with E-state index < -0.39 is 41.3 Å². The summed E-state index contributed by atoms with van der Waals surface area (Å²) in [5.74, 6) is -1.02. The summed E-state index contributed by atoms with van der Waals surface area (Å²) in [6.07, 6.45) is -4.17. The maximum absolute atomic E-state index is 12.8. The molecule has 1 rings (SSSR count). The van der Waals surface area contributed by atoms with Crippen molar-refractivity contribution in [3.05, 3.63) is 29.8 Å². The summed E-state index contributed by atoms with van der Waals surface area (Å²) in [6.45, 7) is 8.57.